The second-order valence-corrected chi connectivity index (χ2v) is 8.03. The van der Waals surface area contributed by atoms with Crippen molar-refractivity contribution in [2.75, 3.05) is 7.11 Å². The van der Waals surface area contributed by atoms with Gasteiger partial charge in [0.2, 0.25) is 0 Å². The number of ether oxygens (including phenoxy) is 1. The van der Waals surface area contributed by atoms with E-state index in [0.29, 0.717) is 6.42 Å². The molecule has 132 valence electrons. The number of rotatable bonds is 6. The zero-order chi connectivity index (χ0) is 18.3. The first-order chi connectivity index (χ1) is 10.5. The van der Waals surface area contributed by atoms with E-state index in [1.54, 1.807) is 7.11 Å². The number of carboxylic acid groups (broad SMARTS) is 1. The molecule has 0 aliphatic carbocycles. The zero-order valence-electron chi connectivity index (χ0n) is 13.6. The molecule has 3 nitrogen and oxygen atoms in total. The summed E-state index contributed by atoms with van der Waals surface area (Å²) in [6.45, 7) is 6.37. The third-order valence-electron chi connectivity index (χ3n) is 3.71. The minimum absolute atomic E-state index is 0.00303. The molecule has 0 saturated heterocycles. The molecule has 1 N–H and O–H groups in total. The van der Waals surface area contributed by atoms with Crippen LogP contribution in [0.5, 0.6) is 5.75 Å². The van der Waals surface area contributed by atoms with Crippen LogP contribution in [-0.4, -0.2) is 23.0 Å². The number of methoxy groups -OCH3 is 1. The molecule has 1 rings (SSSR count). The fourth-order valence-electron chi connectivity index (χ4n) is 1.68. The Morgan fingerprint density at radius 1 is 1.26 bits per heavy atom. The van der Waals surface area contributed by atoms with Gasteiger partial charge in [0.15, 0.2) is 0 Å². The van der Waals surface area contributed by atoms with Gasteiger partial charge in [0.25, 0.3) is 0 Å². The smallest absolute Gasteiger partial charge is 0.401 e. The fraction of sp³-hybridized carbons (Fsp3) is 0.562. The number of benzene rings is 1. The quantitative estimate of drug-likeness (QED) is 0.426. The molecule has 0 fully saturated rings. The van der Waals surface area contributed by atoms with Gasteiger partial charge in [0.1, 0.15) is 10.1 Å². The van der Waals surface area contributed by atoms with Crippen molar-refractivity contribution >= 4 is 51.8 Å². The molecule has 7 heteroatoms. The molecule has 1 aromatic rings. The number of carbonyl (C=O) groups is 1. The second kappa shape index (κ2) is 9.83. The van der Waals surface area contributed by atoms with E-state index in [4.69, 9.17) is 49.4 Å². The van der Waals surface area contributed by atoms with Crippen molar-refractivity contribution in [3.8, 4) is 5.75 Å². The Balaban J connectivity index is 0.00000108. The van der Waals surface area contributed by atoms with Crippen molar-refractivity contribution in [2.45, 2.75) is 43.3 Å². The topological polar surface area (TPSA) is 46.5 Å². The summed E-state index contributed by atoms with van der Waals surface area (Å²) in [4.78, 5) is 8.77. The molecule has 1 aromatic carbocycles. The van der Waals surface area contributed by atoms with Gasteiger partial charge in [-0.05, 0) is 29.5 Å². The van der Waals surface area contributed by atoms with Crippen molar-refractivity contribution < 1.29 is 14.6 Å². The SMILES string of the molecule is CCC(C)(C)C(Cl)CC(Cl)(Cl)c1ccc(OC)cc1.O=C(O)Cl. The van der Waals surface area contributed by atoms with Crippen LogP contribution in [0.25, 0.3) is 0 Å². The molecule has 0 amide bonds. The van der Waals surface area contributed by atoms with Gasteiger partial charge in [-0.1, -0.05) is 56.1 Å². The van der Waals surface area contributed by atoms with E-state index in [2.05, 4.69) is 32.4 Å². The Bertz CT molecular complexity index is 483. The molecule has 0 aliphatic heterocycles. The fourth-order valence-corrected chi connectivity index (χ4v) is 2.78. The Kier molecular flexibility index (Phi) is 9.68. The van der Waals surface area contributed by atoms with Gasteiger partial charge < -0.3 is 9.84 Å². The predicted octanol–water partition coefficient (Wildman–Crippen LogP) is 6.66. The molecule has 0 radical (unpaired) electrons. The minimum Gasteiger partial charge on any atom is -0.497 e. The van der Waals surface area contributed by atoms with E-state index in [-0.39, 0.29) is 10.8 Å². The van der Waals surface area contributed by atoms with E-state index in [0.717, 1.165) is 17.7 Å². The summed E-state index contributed by atoms with van der Waals surface area (Å²) in [7, 11) is 1.63. The molecule has 0 heterocycles. The lowest BCUT2D eigenvalue weighted by Crippen LogP contribution is -2.29. The van der Waals surface area contributed by atoms with E-state index < -0.39 is 9.76 Å². The van der Waals surface area contributed by atoms with Crippen LogP contribution in [0.4, 0.5) is 4.79 Å². The van der Waals surface area contributed by atoms with Gasteiger partial charge in [-0.2, -0.15) is 0 Å². The molecular formula is C16H22Cl4O3. The standard InChI is InChI=1S/C15H21Cl3O.CHClO2/c1-5-14(2,3)13(16)10-15(17,18)11-6-8-12(19-4)9-7-11;2-1(3)4/h6-9,13H,5,10H2,1-4H3;(H,3,4). The van der Waals surface area contributed by atoms with Gasteiger partial charge in [-0.15, -0.1) is 11.6 Å². The first-order valence-corrected chi connectivity index (χ1v) is 8.58. The van der Waals surface area contributed by atoms with E-state index in [9.17, 15) is 0 Å². The van der Waals surface area contributed by atoms with Crippen LogP contribution in [0.2, 0.25) is 0 Å². The Labute approximate surface area is 157 Å². The lowest BCUT2D eigenvalue weighted by atomic mass is 9.83. The zero-order valence-corrected chi connectivity index (χ0v) is 16.6. The van der Waals surface area contributed by atoms with Crippen molar-refractivity contribution in [2.24, 2.45) is 5.41 Å². The molecule has 23 heavy (non-hydrogen) atoms. The highest BCUT2D eigenvalue weighted by atomic mass is 35.5. The van der Waals surface area contributed by atoms with Crippen LogP contribution < -0.4 is 4.74 Å². The summed E-state index contributed by atoms with van der Waals surface area (Å²) in [6.07, 6.45) is 1.48. The highest BCUT2D eigenvalue weighted by Gasteiger charge is 2.36. The summed E-state index contributed by atoms with van der Waals surface area (Å²) >= 11 is 23.6. The maximum Gasteiger partial charge on any atom is 0.401 e. The van der Waals surface area contributed by atoms with Crippen LogP contribution >= 0.6 is 46.4 Å². The third kappa shape index (κ3) is 8.35. The van der Waals surface area contributed by atoms with Crippen LogP contribution in [0.3, 0.4) is 0 Å². The van der Waals surface area contributed by atoms with Gasteiger partial charge in [0, 0.05) is 23.4 Å². The minimum atomic E-state index is -1.36. The molecule has 0 spiro atoms. The van der Waals surface area contributed by atoms with E-state index >= 15 is 0 Å². The van der Waals surface area contributed by atoms with Crippen molar-refractivity contribution in [3.63, 3.8) is 0 Å². The third-order valence-corrected chi connectivity index (χ3v) is 5.20. The molecule has 1 unspecified atom stereocenters. The Morgan fingerprint density at radius 3 is 2.04 bits per heavy atom. The van der Waals surface area contributed by atoms with Crippen LogP contribution in [0.15, 0.2) is 24.3 Å². The molecule has 1 atom stereocenters. The monoisotopic (exact) mass is 402 g/mol. The second-order valence-electron chi connectivity index (χ2n) is 5.70. The molecule has 0 bridgehead atoms. The largest absolute Gasteiger partial charge is 0.497 e. The number of alkyl halides is 3. The highest BCUT2D eigenvalue weighted by molar-refractivity contribution is 6.60. The molecular weight excluding hydrogens is 382 g/mol. The summed E-state index contributed by atoms with van der Waals surface area (Å²) in [5, 5.41) is 7.09. The molecule has 0 saturated carbocycles. The van der Waals surface area contributed by atoms with Crippen LogP contribution in [-0.2, 0) is 4.33 Å². The normalized spacial score (nSPS) is 12.9. The van der Waals surface area contributed by atoms with Gasteiger partial charge in [0.05, 0.1) is 7.11 Å². The van der Waals surface area contributed by atoms with Crippen LogP contribution in [0, 0.1) is 5.41 Å². The van der Waals surface area contributed by atoms with Gasteiger partial charge in [-0.25, -0.2) is 4.79 Å². The number of halogens is 4. The first kappa shape index (κ1) is 22.6. The van der Waals surface area contributed by atoms with Crippen molar-refractivity contribution in [1.29, 1.82) is 0 Å². The average molecular weight is 404 g/mol. The lowest BCUT2D eigenvalue weighted by molar-refractivity contribution is 0.220. The highest BCUT2D eigenvalue weighted by Crippen LogP contribution is 2.44. The van der Waals surface area contributed by atoms with Crippen molar-refractivity contribution in [3.05, 3.63) is 29.8 Å². The Hall–Kier alpha value is -0.350. The van der Waals surface area contributed by atoms with E-state index in [1.807, 2.05) is 24.3 Å². The number of hydrogen-bond donors (Lipinski definition) is 1. The molecule has 0 aromatic heterocycles. The average Bonchev–Trinajstić information content (AvgIpc) is 2.46. The van der Waals surface area contributed by atoms with Crippen LogP contribution in [0.1, 0.15) is 39.2 Å². The number of hydrogen-bond acceptors (Lipinski definition) is 2. The predicted molar refractivity (Wildman–Crippen MR) is 98.6 cm³/mol. The summed E-state index contributed by atoms with van der Waals surface area (Å²) in [5.74, 6) is 0.782. The molecule has 0 aliphatic rings. The van der Waals surface area contributed by atoms with E-state index in [1.165, 1.54) is 0 Å². The van der Waals surface area contributed by atoms with Gasteiger partial charge >= 0.3 is 5.43 Å². The lowest BCUT2D eigenvalue weighted by Gasteiger charge is -2.33. The summed E-state index contributed by atoms with van der Waals surface area (Å²) in [6, 6.07) is 7.45. The van der Waals surface area contributed by atoms with Crippen molar-refractivity contribution in [1.82, 2.24) is 0 Å². The van der Waals surface area contributed by atoms with Gasteiger partial charge in [-0.3, -0.25) is 0 Å². The summed E-state index contributed by atoms with van der Waals surface area (Å²) < 4.78 is 4.14. The maximum atomic E-state index is 8.77. The Morgan fingerprint density at radius 2 is 1.70 bits per heavy atom. The first-order valence-electron chi connectivity index (χ1n) is 7.01. The summed E-state index contributed by atoms with van der Waals surface area (Å²) in [5.41, 5.74) is -0.516. The maximum absolute atomic E-state index is 8.77.